The summed E-state index contributed by atoms with van der Waals surface area (Å²) in [5.74, 6) is -0.0884. The van der Waals surface area contributed by atoms with E-state index in [1.807, 2.05) is 5.48 Å². The van der Waals surface area contributed by atoms with Crippen molar-refractivity contribution in [2.24, 2.45) is 10.7 Å². The molecule has 0 amide bonds. The van der Waals surface area contributed by atoms with Crippen LogP contribution in [0.15, 0.2) is 49.3 Å². The van der Waals surface area contributed by atoms with E-state index >= 15 is 0 Å². The number of nitrogens with two attached hydrogens (primary N) is 1. The largest absolute Gasteiger partial charge is 0.734 e. The quantitative estimate of drug-likeness (QED) is 0.127. The van der Waals surface area contributed by atoms with Gasteiger partial charge in [0.2, 0.25) is 0 Å². The van der Waals surface area contributed by atoms with Gasteiger partial charge in [-0.25, -0.2) is 14.0 Å². The van der Waals surface area contributed by atoms with Gasteiger partial charge in [0, 0.05) is 12.3 Å². The maximum Gasteiger partial charge on any atom is 0.186 e. The number of aromatic nitrogens is 2. The van der Waals surface area contributed by atoms with Gasteiger partial charge >= 0.3 is 0 Å². The molecule has 0 aliphatic rings. The first-order chi connectivity index (χ1) is 12.9. The molecule has 1 aromatic carbocycles. The summed E-state index contributed by atoms with van der Waals surface area (Å²) in [6.45, 7) is 0.330. The number of hydrogen-bond donors (Lipinski definition) is 5. The number of nitrogens with one attached hydrogen (secondary N) is 2. The third-order valence-electron chi connectivity index (χ3n) is 2.85. The van der Waals surface area contributed by atoms with Crippen molar-refractivity contribution >= 4 is 39.2 Å². The second-order valence-electron chi connectivity index (χ2n) is 4.75. The number of thioether (sulfide) groups is 1. The molecular weight excluding hydrogens is 449 g/mol. The minimum Gasteiger partial charge on any atom is -0.734 e. The lowest BCUT2D eigenvalue weighted by Crippen LogP contribution is -2.24. The van der Waals surface area contributed by atoms with Gasteiger partial charge in [-0.2, -0.15) is 0 Å². The fourth-order valence-electron chi connectivity index (χ4n) is 1.74. The summed E-state index contributed by atoms with van der Waals surface area (Å²) < 4.78 is 18.2. The second-order valence-corrected chi connectivity index (χ2v) is 6.69. The smallest absolute Gasteiger partial charge is 0.186 e. The lowest BCUT2D eigenvalue weighted by molar-refractivity contribution is 0.0104. The van der Waals surface area contributed by atoms with Crippen LogP contribution in [0.25, 0.3) is 0 Å². The van der Waals surface area contributed by atoms with Crippen molar-refractivity contribution in [1.82, 2.24) is 26.3 Å². The van der Waals surface area contributed by atoms with E-state index < -0.39 is 11.0 Å². The average Bonchev–Trinajstić information content (AvgIpc) is 3.07. The van der Waals surface area contributed by atoms with Crippen molar-refractivity contribution in [3.8, 4) is 0 Å². The van der Waals surface area contributed by atoms with Gasteiger partial charge in [0.15, 0.2) is 16.6 Å². The van der Waals surface area contributed by atoms with E-state index in [9.17, 15) is 14.8 Å². The highest BCUT2D eigenvalue weighted by atomic mass is 79.9. The zero-order valence-electron chi connectivity index (χ0n) is 13.5. The second kappa shape index (κ2) is 10.1. The molecule has 27 heavy (non-hydrogen) atoms. The Balaban J connectivity index is 2.05. The van der Waals surface area contributed by atoms with Gasteiger partial charge < -0.3 is 21.5 Å². The van der Waals surface area contributed by atoms with Crippen LogP contribution in [-0.4, -0.2) is 44.1 Å². The van der Waals surface area contributed by atoms with Crippen LogP contribution in [0.4, 0.5) is 10.1 Å². The fraction of sp³-hybridized carbons (Fsp3) is 0.154. The number of hydrogen-bond acceptors (Lipinski definition) is 11. The van der Waals surface area contributed by atoms with Crippen LogP contribution in [-0.2, 0) is 0 Å². The zero-order valence-corrected chi connectivity index (χ0v) is 15.9. The molecule has 6 N–H and O–H groups in total. The molecule has 0 aliphatic carbocycles. The molecule has 2 rings (SSSR count). The van der Waals surface area contributed by atoms with Crippen molar-refractivity contribution in [3.05, 3.63) is 51.4 Å². The Morgan fingerprint density at radius 3 is 2.96 bits per heavy atom. The monoisotopic (exact) mass is 462 g/mol. The number of hydroxylamine groups is 3. The fourth-order valence-corrected chi connectivity index (χ4v) is 2.86. The Hall–Kier alpha value is -2.39. The summed E-state index contributed by atoms with van der Waals surface area (Å²) in [7, 11) is 0. The van der Waals surface area contributed by atoms with E-state index in [0.717, 1.165) is 6.20 Å². The highest BCUT2D eigenvalue weighted by Gasteiger charge is 2.17. The molecule has 0 bridgehead atoms. The average molecular weight is 463 g/mol. The summed E-state index contributed by atoms with van der Waals surface area (Å²) >= 11 is 4.26. The SMILES string of the molecule is N/C(=C\N([O-])O)NCCSc1nonc1C(=Nc1ccc(F)c(Br)c1)NO. The van der Waals surface area contributed by atoms with Crippen LogP contribution in [0.1, 0.15) is 5.69 Å². The van der Waals surface area contributed by atoms with Crippen molar-refractivity contribution in [1.29, 1.82) is 0 Å². The summed E-state index contributed by atoms with van der Waals surface area (Å²) in [4.78, 5) is 4.14. The van der Waals surface area contributed by atoms with E-state index in [4.69, 9.17) is 10.9 Å². The number of benzene rings is 1. The van der Waals surface area contributed by atoms with E-state index in [1.165, 1.54) is 30.0 Å². The summed E-state index contributed by atoms with van der Waals surface area (Å²) in [5.41, 5.74) is 7.85. The number of rotatable bonds is 8. The van der Waals surface area contributed by atoms with Crippen molar-refractivity contribution in [2.75, 3.05) is 12.3 Å². The number of aliphatic imine (C=N–C) groups is 1. The van der Waals surface area contributed by atoms with Gasteiger partial charge in [-0.3, -0.25) is 15.9 Å². The molecule has 1 heterocycles. The van der Waals surface area contributed by atoms with Crippen LogP contribution in [0.3, 0.4) is 0 Å². The maximum atomic E-state index is 13.3. The van der Waals surface area contributed by atoms with Gasteiger partial charge in [-0.15, -0.1) is 0 Å². The molecule has 0 unspecified atom stereocenters. The topological polar surface area (TPSA) is 168 Å². The van der Waals surface area contributed by atoms with Crippen LogP contribution in [0.5, 0.6) is 0 Å². The lowest BCUT2D eigenvalue weighted by atomic mass is 10.3. The minimum absolute atomic E-state index is 0.0206. The molecule has 0 spiro atoms. The summed E-state index contributed by atoms with van der Waals surface area (Å²) in [6.07, 6.45) is 0.759. The maximum absolute atomic E-state index is 13.3. The van der Waals surface area contributed by atoms with E-state index in [2.05, 4.69) is 41.2 Å². The summed E-state index contributed by atoms with van der Waals surface area (Å²) in [6, 6.07) is 4.05. The highest BCUT2D eigenvalue weighted by Crippen LogP contribution is 2.24. The van der Waals surface area contributed by atoms with E-state index in [-0.39, 0.29) is 21.8 Å². The highest BCUT2D eigenvalue weighted by molar-refractivity contribution is 9.10. The molecule has 2 aromatic rings. The number of amidine groups is 1. The molecule has 11 nitrogen and oxygen atoms in total. The Labute approximate surface area is 164 Å². The van der Waals surface area contributed by atoms with Gasteiger partial charge in [0.05, 0.1) is 16.4 Å². The third kappa shape index (κ3) is 6.37. The van der Waals surface area contributed by atoms with Gasteiger partial charge in [-0.1, -0.05) is 11.8 Å². The normalized spacial score (nSPS) is 12.2. The number of nitrogens with zero attached hydrogens (tertiary/aromatic N) is 4. The summed E-state index contributed by atoms with van der Waals surface area (Å²) in [5, 5.41) is 38.3. The van der Waals surface area contributed by atoms with Crippen molar-refractivity contribution in [2.45, 2.75) is 5.03 Å². The first-order valence-electron chi connectivity index (χ1n) is 7.16. The number of halogens is 2. The Bertz CT molecular complexity index is 833. The predicted molar refractivity (Wildman–Crippen MR) is 97.5 cm³/mol. The van der Waals surface area contributed by atoms with Crippen LogP contribution >= 0.6 is 27.7 Å². The molecule has 0 saturated carbocycles. The molecular formula is C13H14BrFN7O4S-. The molecule has 0 fully saturated rings. The molecule has 0 saturated heterocycles. The van der Waals surface area contributed by atoms with Crippen LogP contribution in [0.2, 0.25) is 0 Å². The molecule has 14 heteroatoms. The zero-order chi connectivity index (χ0) is 19.8. The Kier molecular flexibility index (Phi) is 7.81. The Morgan fingerprint density at radius 2 is 2.30 bits per heavy atom. The first kappa shape index (κ1) is 20.9. The van der Waals surface area contributed by atoms with Gasteiger partial charge in [0.1, 0.15) is 11.6 Å². The molecule has 0 aliphatic heterocycles. The first-order valence-corrected chi connectivity index (χ1v) is 8.94. The van der Waals surface area contributed by atoms with Crippen LogP contribution < -0.4 is 16.5 Å². The minimum atomic E-state index is -0.450. The molecule has 146 valence electrons. The van der Waals surface area contributed by atoms with Gasteiger partial charge in [-0.05, 0) is 44.4 Å². The van der Waals surface area contributed by atoms with E-state index in [0.29, 0.717) is 23.0 Å². The molecule has 0 radical (unpaired) electrons. The van der Waals surface area contributed by atoms with Crippen molar-refractivity contribution in [3.63, 3.8) is 0 Å². The van der Waals surface area contributed by atoms with Crippen molar-refractivity contribution < 1.29 is 19.4 Å². The standard InChI is InChI=1S/C13H14BrFN7O4S/c14-8-5-7(1-2-9(8)15)18-12(19-23)11-13(21-26-20-11)27-4-3-17-10(16)6-22(24)25/h1-2,5-6,17,23-24H,3-4,16H2,(H,18,19)/q-1/b10-6+. The Morgan fingerprint density at radius 1 is 1.52 bits per heavy atom. The molecule has 0 atom stereocenters. The van der Waals surface area contributed by atoms with Crippen LogP contribution in [0, 0.1) is 11.0 Å². The lowest BCUT2D eigenvalue weighted by Gasteiger charge is -2.17. The van der Waals surface area contributed by atoms with Gasteiger partial charge in [0.25, 0.3) is 0 Å². The van der Waals surface area contributed by atoms with E-state index in [1.54, 1.807) is 0 Å². The molecule has 1 aromatic heterocycles. The predicted octanol–water partition coefficient (Wildman–Crippen LogP) is 1.66. The third-order valence-corrected chi connectivity index (χ3v) is 4.41.